The number of aliphatic hydroxyl groups is 1. The summed E-state index contributed by atoms with van der Waals surface area (Å²) in [7, 11) is 0. The fourth-order valence-electron chi connectivity index (χ4n) is 3.75. The lowest BCUT2D eigenvalue weighted by Crippen LogP contribution is -2.45. The van der Waals surface area contributed by atoms with Crippen LogP contribution < -0.4 is 5.73 Å². The predicted molar refractivity (Wildman–Crippen MR) is 80.0 cm³/mol. The highest BCUT2D eigenvalue weighted by atomic mass is 16.3. The molecule has 0 radical (unpaired) electrons. The summed E-state index contributed by atoms with van der Waals surface area (Å²) in [6.45, 7) is 8.48. The molecule has 1 heterocycles. The minimum Gasteiger partial charge on any atom is -0.390 e. The third-order valence-electron chi connectivity index (χ3n) is 5.48. The van der Waals surface area contributed by atoms with E-state index in [4.69, 9.17) is 5.73 Å². The molecule has 2 fully saturated rings. The normalized spacial score (nSPS) is 42.0. The van der Waals surface area contributed by atoms with E-state index in [-0.39, 0.29) is 0 Å². The second kappa shape index (κ2) is 6.11. The lowest BCUT2D eigenvalue weighted by atomic mass is 9.70. The first kappa shape index (κ1) is 15.3. The summed E-state index contributed by atoms with van der Waals surface area (Å²) in [6, 6.07) is 0. The second-order valence-electron chi connectivity index (χ2n) is 7.51. The average molecular weight is 268 g/mol. The summed E-state index contributed by atoms with van der Waals surface area (Å²) in [6.07, 6.45) is 8.21. The van der Waals surface area contributed by atoms with Crippen LogP contribution in [-0.4, -0.2) is 41.8 Å². The number of nitrogens with two attached hydrogens (primary N) is 1. The van der Waals surface area contributed by atoms with E-state index in [0.29, 0.717) is 5.41 Å². The van der Waals surface area contributed by atoms with Crippen LogP contribution in [0.3, 0.4) is 0 Å². The van der Waals surface area contributed by atoms with E-state index in [9.17, 15) is 5.11 Å². The largest absolute Gasteiger partial charge is 0.390 e. The number of likely N-dealkylation sites (tertiary alicyclic amines) is 1. The SMILES string of the molecule is CC1CCC(CN)(CN2CCCC(C)(O)CC2)CC1. The number of rotatable bonds is 3. The molecule has 1 saturated heterocycles. The van der Waals surface area contributed by atoms with E-state index in [1.807, 2.05) is 6.92 Å². The first-order chi connectivity index (χ1) is 8.95. The zero-order valence-electron chi connectivity index (χ0n) is 12.8. The molecule has 2 aliphatic rings. The summed E-state index contributed by atoms with van der Waals surface area (Å²) in [5, 5.41) is 10.2. The third-order valence-corrected chi connectivity index (χ3v) is 5.48. The van der Waals surface area contributed by atoms with E-state index in [1.165, 1.54) is 25.7 Å². The number of hydrogen-bond donors (Lipinski definition) is 2. The minimum absolute atomic E-state index is 0.350. The maximum absolute atomic E-state index is 10.2. The van der Waals surface area contributed by atoms with Crippen LogP contribution in [0.15, 0.2) is 0 Å². The molecule has 1 aliphatic heterocycles. The van der Waals surface area contributed by atoms with Gasteiger partial charge in [-0.25, -0.2) is 0 Å². The van der Waals surface area contributed by atoms with Gasteiger partial charge in [-0.05, 0) is 63.5 Å². The van der Waals surface area contributed by atoms with Gasteiger partial charge in [0.25, 0.3) is 0 Å². The first-order valence-corrected chi connectivity index (χ1v) is 8.10. The van der Waals surface area contributed by atoms with Crippen molar-refractivity contribution in [3.8, 4) is 0 Å². The molecule has 0 aromatic carbocycles. The van der Waals surface area contributed by atoms with Crippen LogP contribution in [0.25, 0.3) is 0 Å². The fourth-order valence-corrected chi connectivity index (χ4v) is 3.75. The molecule has 0 bridgehead atoms. The van der Waals surface area contributed by atoms with Gasteiger partial charge in [0.1, 0.15) is 0 Å². The predicted octanol–water partition coefficient (Wildman–Crippen LogP) is 2.38. The maximum Gasteiger partial charge on any atom is 0.0632 e. The Morgan fingerprint density at radius 2 is 1.84 bits per heavy atom. The van der Waals surface area contributed by atoms with E-state index in [1.54, 1.807) is 0 Å². The van der Waals surface area contributed by atoms with Crippen molar-refractivity contribution in [1.82, 2.24) is 4.90 Å². The molecule has 1 unspecified atom stereocenters. The lowest BCUT2D eigenvalue weighted by molar-refractivity contribution is 0.0406. The van der Waals surface area contributed by atoms with E-state index in [2.05, 4.69) is 11.8 Å². The van der Waals surface area contributed by atoms with Crippen molar-refractivity contribution in [3.05, 3.63) is 0 Å². The Labute approximate surface area is 118 Å². The van der Waals surface area contributed by atoms with Gasteiger partial charge in [-0.3, -0.25) is 0 Å². The van der Waals surface area contributed by atoms with E-state index >= 15 is 0 Å². The molecule has 0 amide bonds. The molecule has 0 spiro atoms. The molecule has 3 N–H and O–H groups in total. The van der Waals surface area contributed by atoms with Gasteiger partial charge in [0.15, 0.2) is 0 Å². The molecular weight excluding hydrogens is 236 g/mol. The Balaban J connectivity index is 1.91. The van der Waals surface area contributed by atoms with Crippen molar-refractivity contribution < 1.29 is 5.11 Å². The van der Waals surface area contributed by atoms with Crippen molar-refractivity contribution >= 4 is 0 Å². The molecule has 1 aliphatic carbocycles. The second-order valence-corrected chi connectivity index (χ2v) is 7.51. The van der Waals surface area contributed by atoms with Gasteiger partial charge in [0.05, 0.1) is 5.60 Å². The lowest BCUT2D eigenvalue weighted by Gasteiger charge is -2.42. The highest BCUT2D eigenvalue weighted by molar-refractivity contribution is 4.90. The van der Waals surface area contributed by atoms with Crippen molar-refractivity contribution in [2.45, 2.75) is 64.4 Å². The fraction of sp³-hybridized carbons (Fsp3) is 1.00. The summed E-state index contributed by atoms with van der Waals surface area (Å²) in [5.74, 6) is 0.879. The summed E-state index contributed by atoms with van der Waals surface area (Å²) >= 11 is 0. The Bertz CT molecular complexity index is 282. The van der Waals surface area contributed by atoms with Crippen LogP contribution >= 0.6 is 0 Å². The Hall–Kier alpha value is -0.120. The highest BCUT2D eigenvalue weighted by Crippen LogP contribution is 2.39. The topological polar surface area (TPSA) is 49.5 Å². The molecule has 0 aromatic heterocycles. The zero-order valence-corrected chi connectivity index (χ0v) is 12.8. The van der Waals surface area contributed by atoms with Gasteiger partial charge in [0.2, 0.25) is 0 Å². The molecule has 3 heteroatoms. The van der Waals surface area contributed by atoms with Gasteiger partial charge in [-0.15, -0.1) is 0 Å². The summed E-state index contributed by atoms with van der Waals surface area (Å²) < 4.78 is 0. The number of hydrogen-bond acceptors (Lipinski definition) is 3. The maximum atomic E-state index is 10.2. The third kappa shape index (κ3) is 4.17. The zero-order chi connectivity index (χ0) is 13.9. The molecule has 19 heavy (non-hydrogen) atoms. The van der Waals surface area contributed by atoms with Crippen LogP contribution in [0.2, 0.25) is 0 Å². The molecule has 112 valence electrons. The Morgan fingerprint density at radius 3 is 2.47 bits per heavy atom. The van der Waals surface area contributed by atoms with Crippen LogP contribution in [0.1, 0.15) is 58.8 Å². The van der Waals surface area contributed by atoms with E-state index < -0.39 is 5.60 Å². The highest BCUT2D eigenvalue weighted by Gasteiger charge is 2.35. The Kier molecular flexibility index (Phi) is 4.91. The molecule has 3 nitrogen and oxygen atoms in total. The van der Waals surface area contributed by atoms with Crippen LogP contribution in [-0.2, 0) is 0 Å². The quantitative estimate of drug-likeness (QED) is 0.826. The molecule has 0 aromatic rings. The van der Waals surface area contributed by atoms with Crippen molar-refractivity contribution in [2.75, 3.05) is 26.2 Å². The summed E-state index contributed by atoms with van der Waals surface area (Å²) in [5.41, 5.74) is 6.01. The van der Waals surface area contributed by atoms with Gasteiger partial charge < -0.3 is 15.7 Å². The molecule has 1 atom stereocenters. The van der Waals surface area contributed by atoms with E-state index in [0.717, 1.165) is 51.4 Å². The van der Waals surface area contributed by atoms with Gasteiger partial charge in [0, 0.05) is 13.1 Å². The molecule has 1 saturated carbocycles. The van der Waals surface area contributed by atoms with Crippen LogP contribution in [0.5, 0.6) is 0 Å². The van der Waals surface area contributed by atoms with Crippen molar-refractivity contribution in [3.63, 3.8) is 0 Å². The average Bonchev–Trinajstić information content (AvgIpc) is 2.54. The molecular formula is C16H32N2O. The van der Waals surface area contributed by atoms with Gasteiger partial charge in [-0.2, -0.15) is 0 Å². The number of nitrogens with zero attached hydrogens (tertiary/aromatic N) is 1. The first-order valence-electron chi connectivity index (χ1n) is 8.10. The van der Waals surface area contributed by atoms with Gasteiger partial charge in [-0.1, -0.05) is 19.8 Å². The summed E-state index contributed by atoms with van der Waals surface area (Å²) in [4.78, 5) is 2.56. The van der Waals surface area contributed by atoms with Crippen LogP contribution in [0, 0.1) is 11.3 Å². The smallest absolute Gasteiger partial charge is 0.0632 e. The standard InChI is InChI=1S/C16H32N2O/c1-14-4-7-16(12-17,8-5-14)13-18-10-3-6-15(2,19)9-11-18/h14,19H,3-13,17H2,1-2H3. The monoisotopic (exact) mass is 268 g/mol. The van der Waals surface area contributed by atoms with Gasteiger partial charge >= 0.3 is 0 Å². The minimum atomic E-state index is -0.453. The Morgan fingerprint density at radius 1 is 1.16 bits per heavy atom. The van der Waals surface area contributed by atoms with Crippen molar-refractivity contribution in [2.24, 2.45) is 17.1 Å². The van der Waals surface area contributed by atoms with Crippen LogP contribution in [0.4, 0.5) is 0 Å². The van der Waals surface area contributed by atoms with Crippen molar-refractivity contribution in [1.29, 1.82) is 0 Å². The molecule has 2 rings (SSSR count).